The highest BCUT2D eigenvalue weighted by atomic mass is 16.5. The lowest BCUT2D eigenvalue weighted by Gasteiger charge is -2.36. The van der Waals surface area contributed by atoms with Gasteiger partial charge in [-0.15, -0.1) is 0 Å². The summed E-state index contributed by atoms with van der Waals surface area (Å²) in [6, 6.07) is 8.09. The van der Waals surface area contributed by atoms with Gasteiger partial charge in [0, 0.05) is 56.7 Å². The Hall–Kier alpha value is -3.00. The lowest BCUT2D eigenvalue weighted by atomic mass is 10.2. The van der Waals surface area contributed by atoms with E-state index in [9.17, 15) is 4.79 Å². The number of nitrogens with zero attached hydrogens (tertiary/aromatic N) is 6. The van der Waals surface area contributed by atoms with Gasteiger partial charge in [0.05, 0.1) is 30.4 Å². The largest absolute Gasteiger partial charge is 0.383 e. The number of hydrogen-bond donors (Lipinski definition) is 0. The van der Waals surface area contributed by atoms with E-state index in [0.717, 1.165) is 43.2 Å². The molecule has 0 atom stereocenters. The highest BCUT2D eigenvalue weighted by Crippen LogP contribution is 2.39. The van der Waals surface area contributed by atoms with E-state index in [2.05, 4.69) is 30.8 Å². The zero-order chi connectivity index (χ0) is 20.5. The first-order valence-corrected chi connectivity index (χ1v) is 10.5. The van der Waals surface area contributed by atoms with E-state index in [1.165, 1.54) is 18.5 Å². The molecule has 2 aliphatic rings. The van der Waals surface area contributed by atoms with E-state index in [-0.39, 0.29) is 5.56 Å². The summed E-state index contributed by atoms with van der Waals surface area (Å²) in [6.45, 7) is 4.62. The number of benzene rings is 1. The van der Waals surface area contributed by atoms with Gasteiger partial charge in [-0.05, 0) is 31.0 Å². The number of hydrogen-bond acceptors (Lipinski definition) is 7. The summed E-state index contributed by atoms with van der Waals surface area (Å²) >= 11 is 0. The SMILES string of the molecule is COCCn1cnc2cc(N3CCN(c4cc(C5CC5)ncn4)CC3)ccc2c1=O. The number of aromatic nitrogens is 4. The van der Waals surface area contributed by atoms with Crippen LogP contribution in [0.2, 0.25) is 0 Å². The average molecular weight is 406 g/mol. The molecule has 2 aromatic heterocycles. The standard InChI is InChI=1S/C22H26N6O2/c1-30-11-10-28-15-25-20-12-17(4-5-18(20)22(28)29)26-6-8-27(9-7-26)21-13-19(16-2-3-16)23-14-24-21/h4-5,12-16H,2-3,6-11H2,1H3. The van der Waals surface area contributed by atoms with Gasteiger partial charge < -0.3 is 14.5 Å². The van der Waals surface area contributed by atoms with Crippen molar-refractivity contribution in [3.63, 3.8) is 0 Å². The van der Waals surface area contributed by atoms with Gasteiger partial charge in [-0.3, -0.25) is 9.36 Å². The normalized spacial score (nSPS) is 17.0. The zero-order valence-electron chi connectivity index (χ0n) is 17.2. The first-order chi connectivity index (χ1) is 14.7. The lowest BCUT2D eigenvalue weighted by molar-refractivity contribution is 0.186. The fourth-order valence-electron chi connectivity index (χ4n) is 4.02. The van der Waals surface area contributed by atoms with Crippen molar-refractivity contribution in [3.8, 4) is 0 Å². The maximum atomic E-state index is 12.6. The van der Waals surface area contributed by atoms with Gasteiger partial charge in [0.1, 0.15) is 12.1 Å². The van der Waals surface area contributed by atoms with Crippen molar-refractivity contribution in [1.29, 1.82) is 0 Å². The van der Waals surface area contributed by atoms with E-state index in [0.29, 0.717) is 24.5 Å². The number of rotatable bonds is 6. The van der Waals surface area contributed by atoms with Crippen LogP contribution in [0.5, 0.6) is 0 Å². The third-order valence-electron chi connectivity index (χ3n) is 5.98. The number of anilines is 2. The molecule has 0 N–H and O–H groups in total. The molecule has 5 rings (SSSR count). The molecule has 0 spiro atoms. The summed E-state index contributed by atoms with van der Waals surface area (Å²) in [6.07, 6.45) is 5.80. The summed E-state index contributed by atoms with van der Waals surface area (Å²) in [4.78, 5) is 30.7. The smallest absolute Gasteiger partial charge is 0.261 e. The fourth-order valence-corrected chi connectivity index (χ4v) is 4.02. The Kier molecular flexibility index (Phi) is 5.08. The molecule has 1 aromatic carbocycles. The molecule has 3 heterocycles. The molecule has 1 saturated heterocycles. The molecule has 3 aromatic rings. The van der Waals surface area contributed by atoms with Crippen LogP contribution in [0.3, 0.4) is 0 Å². The number of fused-ring (bicyclic) bond motifs is 1. The Morgan fingerprint density at radius 2 is 1.83 bits per heavy atom. The van der Waals surface area contributed by atoms with E-state index in [1.807, 2.05) is 18.2 Å². The van der Waals surface area contributed by atoms with E-state index in [1.54, 1.807) is 24.3 Å². The van der Waals surface area contributed by atoms with Crippen LogP contribution in [0.4, 0.5) is 11.5 Å². The summed E-state index contributed by atoms with van der Waals surface area (Å²) < 4.78 is 6.67. The van der Waals surface area contributed by atoms with Crippen molar-refractivity contribution < 1.29 is 4.74 Å². The van der Waals surface area contributed by atoms with Crippen molar-refractivity contribution in [1.82, 2.24) is 19.5 Å². The van der Waals surface area contributed by atoms with Crippen LogP contribution in [0.15, 0.2) is 41.7 Å². The number of ether oxygens (including phenoxy) is 1. The molecule has 30 heavy (non-hydrogen) atoms. The zero-order valence-corrected chi connectivity index (χ0v) is 17.2. The van der Waals surface area contributed by atoms with Crippen LogP contribution in [-0.4, -0.2) is 59.4 Å². The minimum atomic E-state index is -0.0244. The Morgan fingerprint density at radius 1 is 1.03 bits per heavy atom. The van der Waals surface area contributed by atoms with Crippen molar-refractivity contribution in [3.05, 3.63) is 53.0 Å². The predicted molar refractivity (Wildman–Crippen MR) is 116 cm³/mol. The summed E-state index contributed by atoms with van der Waals surface area (Å²) in [5, 5.41) is 0.643. The topological polar surface area (TPSA) is 76.4 Å². The van der Waals surface area contributed by atoms with Crippen LogP contribution in [0.25, 0.3) is 10.9 Å². The molecule has 1 saturated carbocycles. The molecule has 0 amide bonds. The van der Waals surface area contributed by atoms with Gasteiger partial charge in [0.15, 0.2) is 0 Å². The highest BCUT2D eigenvalue weighted by molar-refractivity contribution is 5.81. The Balaban J connectivity index is 1.29. The highest BCUT2D eigenvalue weighted by Gasteiger charge is 2.26. The molecule has 8 nitrogen and oxygen atoms in total. The Morgan fingerprint density at radius 3 is 2.60 bits per heavy atom. The molecular weight excluding hydrogens is 380 g/mol. The molecule has 1 aliphatic heterocycles. The molecule has 0 bridgehead atoms. The van der Waals surface area contributed by atoms with Gasteiger partial charge >= 0.3 is 0 Å². The predicted octanol–water partition coefficient (Wildman–Crippen LogP) is 2.04. The first kappa shape index (κ1) is 19.0. The van der Waals surface area contributed by atoms with Gasteiger partial charge in [-0.2, -0.15) is 0 Å². The molecule has 0 radical (unpaired) electrons. The van der Waals surface area contributed by atoms with E-state index >= 15 is 0 Å². The molecule has 0 unspecified atom stereocenters. The van der Waals surface area contributed by atoms with Crippen molar-refractivity contribution in [2.24, 2.45) is 0 Å². The summed E-state index contributed by atoms with van der Waals surface area (Å²) in [5.74, 6) is 1.67. The van der Waals surface area contributed by atoms with Crippen molar-refractivity contribution in [2.75, 3.05) is 49.7 Å². The monoisotopic (exact) mass is 406 g/mol. The van der Waals surface area contributed by atoms with Crippen molar-refractivity contribution in [2.45, 2.75) is 25.3 Å². The van der Waals surface area contributed by atoms with E-state index < -0.39 is 0 Å². The maximum absolute atomic E-state index is 12.6. The van der Waals surface area contributed by atoms with Gasteiger partial charge in [-0.25, -0.2) is 15.0 Å². The fraction of sp³-hybridized carbons (Fsp3) is 0.455. The molecule has 156 valence electrons. The van der Waals surface area contributed by atoms with Gasteiger partial charge in [-0.1, -0.05) is 0 Å². The quantitative estimate of drug-likeness (QED) is 0.620. The summed E-state index contributed by atoms with van der Waals surface area (Å²) in [7, 11) is 1.63. The minimum absolute atomic E-state index is 0.0244. The second-order valence-corrected chi connectivity index (χ2v) is 7.99. The third-order valence-corrected chi connectivity index (χ3v) is 5.98. The van der Waals surface area contributed by atoms with Gasteiger partial charge in [0.2, 0.25) is 0 Å². The second kappa shape index (κ2) is 8.02. The number of methoxy groups -OCH3 is 1. The molecule has 1 aliphatic carbocycles. The van der Waals surface area contributed by atoms with Crippen LogP contribution in [0, 0.1) is 0 Å². The first-order valence-electron chi connectivity index (χ1n) is 10.5. The number of piperazine rings is 1. The van der Waals surface area contributed by atoms with Crippen LogP contribution in [-0.2, 0) is 11.3 Å². The maximum Gasteiger partial charge on any atom is 0.261 e. The van der Waals surface area contributed by atoms with Crippen LogP contribution >= 0.6 is 0 Å². The third kappa shape index (κ3) is 3.75. The molecule has 2 fully saturated rings. The van der Waals surface area contributed by atoms with Crippen molar-refractivity contribution >= 4 is 22.4 Å². The van der Waals surface area contributed by atoms with Gasteiger partial charge in [0.25, 0.3) is 5.56 Å². The summed E-state index contributed by atoms with van der Waals surface area (Å²) in [5.41, 5.74) is 2.99. The molecular formula is C22H26N6O2. The minimum Gasteiger partial charge on any atom is -0.383 e. The second-order valence-electron chi connectivity index (χ2n) is 7.99. The Bertz CT molecular complexity index is 1100. The Labute approximate surface area is 175 Å². The van der Waals surface area contributed by atoms with Crippen LogP contribution in [0.1, 0.15) is 24.5 Å². The lowest BCUT2D eigenvalue weighted by Crippen LogP contribution is -2.46. The average Bonchev–Trinajstić information content (AvgIpc) is 3.64. The van der Waals surface area contributed by atoms with Crippen LogP contribution < -0.4 is 15.4 Å². The molecule has 8 heteroatoms. The van der Waals surface area contributed by atoms with E-state index in [4.69, 9.17) is 4.74 Å².